The van der Waals surface area contributed by atoms with Crippen molar-refractivity contribution in [2.75, 3.05) is 19.8 Å². The van der Waals surface area contributed by atoms with Gasteiger partial charge in [-0.3, -0.25) is 0 Å². The van der Waals surface area contributed by atoms with Gasteiger partial charge in [0.05, 0.1) is 19.8 Å². The fraction of sp³-hybridized carbons (Fsp3) is 1.00. The van der Waals surface area contributed by atoms with Gasteiger partial charge in [-0.1, -0.05) is 13.8 Å². The summed E-state index contributed by atoms with van der Waals surface area (Å²) in [7, 11) is 0. The number of rotatable bonds is 7. The number of aliphatic hydroxyl groups excluding tert-OH is 5. The molecule has 2 rings (SSSR count). The van der Waals surface area contributed by atoms with Crippen LogP contribution in [0.25, 0.3) is 0 Å². The molecule has 7 unspecified atom stereocenters. The number of ether oxygens (including phenoxy) is 3. The van der Waals surface area contributed by atoms with E-state index in [1.54, 1.807) is 0 Å². The first kappa shape index (κ1) is 18.0. The van der Waals surface area contributed by atoms with Crippen LogP contribution in [-0.2, 0) is 14.2 Å². The van der Waals surface area contributed by atoms with Crippen LogP contribution in [-0.4, -0.2) is 87.8 Å². The summed E-state index contributed by atoms with van der Waals surface area (Å²) in [6, 6.07) is 0. The van der Waals surface area contributed by atoms with Crippen molar-refractivity contribution >= 4 is 0 Å². The Kier molecular flexibility index (Phi) is 5.79. The van der Waals surface area contributed by atoms with E-state index in [0.717, 1.165) is 0 Å². The molecule has 0 bridgehead atoms. The lowest BCUT2D eigenvalue weighted by Gasteiger charge is -2.39. The van der Waals surface area contributed by atoms with Crippen LogP contribution in [0.2, 0.25) is 0 Å². The highest BCUT2D eigenvalue weighted by atomic mass is 16.7. The van der Waals surface area contributed by atoms with E-state index in [1.165, 1.54) is 0 Å². The molecule has 2 heterocycles. The molecule has 2 saturated heterocycles. The van der Waals surface area contributed by atoms with Crippen LogP contribution >= 0.6 is 0 Å². The Morgan fingerprint density at radius 1 is 1.05 bits per heavy atom. The molecule has 0 aromatic carbocycles. The maximum atomic E-state index is 9.86. The van der Waals surface area contributed by atoms with Gasteiger partial charge in [0.1, 0.15) is 36.1 Å². The third-order valence-corrected chi connectivity index (χ3v) is 4.62. The van der Waals surface area contributed by atoms with Gasteiger partial charge in [-0.05, 0) is 5.92 Å². The highest BCUT2D eigenvalue weighted by Gasteiger charge is 2.57. The molecule has 22 heavy (non-hydrogen) atoms. The second-order valence-corrected chi connectivity index (χ2v) is 6.22. The van der Waals surface area contributed by atoms with Crippen molar-refractivity contribution < 1.29 is 39.7 Å². The summed E-state index contributed by atoms with van der Waals surface area (Å²) in [6.07, 6.45) is -6.07. The standard InChI is InChI=1S/C14H26O8/c1-7(2)14(9(6-16)22-14)3-4-20-13-12(19)11(18)10(17)8(5-15)21-13/h7-13,15-19H,3-6H2,1-2H3. The zero-order valence-corrected chi connectivity index (χ0v) is 12.8. The van der Waals surface area contributed by atoms with Crippen molar-refractivity contribution in [3.63, 3.8) is 0 Å². The minimum absolute atomic E-state index is 0.0573. The SMILES string of the molecule is CC(C)C1(CCOC2OC(CO)C(O)C(O)C2O)OC1CO. The van der Waals surface area contributed by atoms with E-state index < -0.39 is 42.9 Å². The molecule has 8 heteroatoms. The largest absolute Gasteiger partial charge is 0.394 e. The monoisotopic (exact) mass is 322 g/mol. The van der Waals surface area contributed by atoms with Gasteiger partial charge in [-0.2, -0.15) is 0 Å². The first-order valence-corrected chi connectivity index (χ1v) is 7.58. The molecule has 0 saturated carbocycles. The van der Waals surface area contributed by atoms with Gasteiger partial charge in [-0.25, -0.2) is 0 Å². The lowest BCUT2D eigenvalue weighted by Crippen LogP contribution is -2.59. The Balaban J connectivity index is 1.86. The van der Waals surface area contributed by atoms with Crippen LogP contribution in [0.15, 0.2) is 0 Å². The van der Waals surface area contributed by atoms with Crippen LogP contribution in [0.5, 0.6) is 0 Å². The Morgan fingerprint density at radius 2 is 1.73 bits per heavy atom. The zero-order chi connectivity index (χ0) is 16.5. The second-order valence-electron chi connectivity index (χ2n) is 6.22. The highest BCUT2D eigenvalue weighted by molar-refractivity contribution is 5.04. The maximum Gasteiger partial charge on any atom is 0.186 e. The molecule has 0 aliphatic carbocycles. The molecule has 5 N–H and O–H groups in total. The molecule has 8 nitrogen and oxygen atoms in total. The van der Waals surface area contributed by atoms with Crippen molar-refractivity contribution in [2.45, 2.75) is 62.7 Å². The normalized spacial score (nSPS) is 45.3. The summed E-state index contributed by atoms with van der Waals surface area (Å²) >= 11 is 0. The summed E-state index contributed by atoms with van der Waals surface area (Å²) in [4.78, 5) is 0. The minimum atomic E-state index is -1.45. The van der Waals surface area contributed by atoms with Crippen molar-refractivity contribution in [1.82, 2.24) is 0 Å². The summed E-state index contributed by atoms with van der Waals surface area (Å²) in [5.74, 6) is 0.197. The number of aliphatic hydroxyl groups is 5. The van der Waals surface area contributed by atoms with Crippen LogP contribution < -0.4 is 0 Å². The summed E-state index contributed by atoms with van der Waals surface area (Å²) in [5, 5.41) is 47.5. The average Bonchev–Trinajstić information content (AvgIpc) is 3.22. The Hall–Kier alpha value is -0.320. The van der Waals surface area contributed by atoms with Gasteiger partial charge < -0.3 is 39.7 Å². The number of hydrogen-bond acceptors (Lipinski definition) is 8. The fourth-order valence-corrected chi connectivity index (χ4v) is 2.98. The van der Waals surface area contributed by atoms with Crippen molar-refractivity contribution in [2.24, 2.45) is 5.92 Å². The van der Waals surface area contributed by atoms with Crippen molar-refractivity contribution in [3.8, 4) is 0 Å². The highest BCUT2D eigenvalue weighted by Crippen LogP contribution is 2.45. The van der Waals surface area contributed by atoms with Gasteiger partial charge in [0.25, 0.3) is 0 Å². The number of hydrogen-bond donors (Lipinski definition) is 5. The first-order valence-electron chi connectivity index (χ1n) is 7.58. The Bertz CT molecular complexity index is 363. The first-order chi connectivity index (χ1) is 10.4. The Morgan fingerprint density at radius 3 is 2.23 bits per heavy atom. The topological polar surface area (TPSA) is 132 Å². The maximum absolute atomic E-state index is 9.86. The molecule has 7 atom stereocenters. The molecule has 0 amide bonds. The Labute approximate surface area is 129 Å². The number of epoxide rings is 1. The van der Waals surface area contributed by atoms with Gasteiger partial charge in [0.2, 0.25) is 0 Å². The zero-order valence-electron chi connectivity index (χ0n) is 12.8. The molecular formula is C14H26O8. The lowest BCUT2D eigenvalue weighted by molar-refractivity contribution is -0.301. The van der Waals surface area contributed by atoms with E-state index in [9.17, 15) is 20.4 Å². The van der Waals surface area contributed by atoms with E-state index >= 15 is 0 Å². The molecule has 0 aromatic rings. The second kappa shape index (κ2) is 7.06. The molecule has 0 radical (unpaired) electrons. The molecule has 130 valence electrons. The van der Waals surface area contributed by atoms with Gasteiger partial charge in [0.15, 0.2) is 6.29 Å². The van der Waals surface area contributed by atoms with Crippen LogP contribution in [0.4, 0.5) is 0 Å². The molecule has 0 aromatic heterocycles. The van der Waals surface area contributed by atoms with Crippen LogP contribution in [0.3, 0.4) is 0 Å². The molecule has 2 aliphatic rings. The lowest BCUT2D eigenvalue weighted by atomic mass is 9.89. The summed E-state index contributed by atoms with van der Waals surface area (Å²) < 4.78 is 16.3. The third kappa shape index (κ3) is 3.29. The van der Waals surface area contributed by atoms with E-state index in [1.807, 2.05) is 13.8 Å². The van der Waals surface area contributed by atoms with Gasteiger partial charge in [-0.15, -0.1) is 0 Å². The molecule has 2 fully saturated rings. The van der Waals surface area contributed by atoms with Crippen LogP contribution in [0.1, 0.15) is 20.3 Å². The summed E-state index contributed by atoms with van der Waals surface area (Å²) in [6.45, 7) is 3.62. The molecule has 2 aliphatic heterocycles. The third-order valence-electron chi connectivity index (χ3n) is 4.62. The summed E-state index contributed by atoms with van der Waals surface area (Å²) in [5.41, 5.74) is -0.442. The van der Waals surface area contributed by atoms with Gasteiger partial charge >= 0.3 is 0 Å². The predicted molar refractivity (Wildman–Crippen MR) is 73.9 cm³/mol. The average molecular weight is 322 g/mol. The molecule has 0 spiro atoms. The van der Waals surface area contributed by atoms with E-state index in [0.29, 0.717) is 6.42 Å². The van der Waals surface area contributed by atoms with Crippen molar-refractivity contribution in [1.29, 1.82) is 0 Å². The van der Waals surface area contributed by atoms with E-state index in [-0.39, 0.29) is 25.2 Å². The van der Waals surface area contributed by atoms with E-state index in [4.69, 9.17) is 19.3 Å². The molecular weight excluding hydrogens is 296 g/mol. The van der Waals surface area contributed by atoms with E-state index in [2.05, 4.69) is 0 Å². The smallest absolute Gasteiger partial charge is 0.186 e. The van der Waals surface area contributed by atoms with Gasteiger partial charge in [0, 0.05) is 6.42 Å². The predicted octanol–water partition coefficient (Wildman–Crippen LogP) is -2.02. The minimum Gasteiger partial charge on any atom is -0.394 e. The quantitative estimate of drug-likeness (QED) is 0.339. The van der Waals surface area contributed by atoms with Crippen LogP contribution in [0, 0.1) is 5.92 Å². The van der Waals surface area contributed by atoms with Crippen molar-refractivity contribution in [3.05, 3.63) is 0 Å². The fourth-order valence-electron chi connectivity index (χ4n) is 2.98.